The Morgan fingerprint density at radius 2 is 1.78 bits per heavy atom. The van der Waals surface area contributed by atoms with Crippen molar-refractivity contribution >= 4 is 23.4 Å². The molecule has 0 aliphatic heterocycles. The Hall–Kier alpha value is -3.09. The van der Waals surface area contributed by atoms with Crippen LogP contribution in [0.5, 0.6) is 0 Å². The molecular formula is C25H27ClN2O4. The Morgan fingerprint density at radius 3 is 2.47 bits per heavy atom. The highest BCUT2D eigenvalue weighted by Gasteiger charge is 2.23. The summed E-state index contributed by atoms with van der Waals surface area (Å²) < 4.78 is 10.6. The lowest BCUT2D eigenvalue weighted by molar-refractivity contribution is -0.133. The van der Waals surface area contributed by atoms with Crippen LogP contribution in [0.3, 0.4) is 0 Å². The van der Waals surface area contributed by atoms with Crippen molar-refractivity contribution in [1.82, 2.24) is 9.80 Å². The van der Waals surface area contributed by atoms with E-state index in [1.165, 1.54) is 0 Å². The summed E-state index contributed by atoms with van der Waals surface area (Å²) in [5.74, 6) is 0.272. The summed E-state index contributed by atoms with van der Waals surface area (Å²) in [7, 11) is 1.61. The summed E-state index contributed by atoms with van der Waals surface area (Å²) in [5, 5.41) is 0.475. The van der Waals surface area contributed by atoms with Crippen molar-refractivity contribution in [3.63, 3.8) is 0 Å². The molecule has 0 saturated carbocycles. The van der Waals surface area contributed by atoms with Gasteiger partial charge in [0.15, 0.2) is 0 Å². The number of benzene rings is 2. The van der Waals surface area contributed by atoms with Crippen LogP contribution >= 0.6 is 11.6 Å². The van der Waals surface area contributed by atoms with E-state index < -0.39 is 0 Å². The van der Waals surface area contributed by atoms with E-state index in [1.54, 1.807) is 53.5 Å². The van der Waals surface area contributed by atoms with Gasteiger partial charge < -0.3 is 19.0 Å². The van der Waals surface area contributed by atoms with Gasteiger partial charge in [0, 0.05) is 37.4 Å². The number of nitrogens with zero attached hydrogens (tertiary/aromatic N) is 2. The Kier molecular flexibility index (Phi) is 8.90. The standard InChI is InChI=1S/C25H27ClN2O4/c1-31-14-7-13-27(25(30)21-10-5-11-22(26)16-21)19-24(29)28(18-23-12-6-15-32-23)17-20-8-3-2-4-9-20/h2-6,8-12,15-16H,7,13-14,17-19H2,1H3. The van der Waals surface area contributed by atoms with E-state index in [9.17, 15) is 9.59 Å². The Balaban J connectivity index is 1.78. The SMILES string of the molecule is COCCCN(CC(=O)N(Cc1ccccc1)Cc1ccco1)C(=O)c1cccc(Cl)c1. The van der Waals surface area contributed by atoms with Crippen LogP contribution in [0, 0.1) is 0 Å². The summed E-state index contributed by atoms with van der Waals surface area (Å²) in [4.78, 5) is 29.8. The molecule has 2 aromatic carbocycles. The largest absolute Gasteiger partial charge is 0.467 e. The minimum Gasteiger partial charge on any atom is -0.467 e. The number of hydrogen-bond acceptors (Lipinski definition) is 4. The van der Waals surface area contributed by atoms with Crippen LogP contribution in [0.4, 0.5) is 0 Å². The molecule has 0 saturated heterocycles. The third kappa shape index (κ3) is 6.97. The van der Waals surface area contributed by atoms with Gasteiger partial charge in [-0.15, -0.1) is 0 Å². The fraction of sp³-hybridized carbons (Fsp3) is 0.280. The molecule has 1 heterocycles. The number of methoxy groups -OCH3 is 1. The summed E-state index contributed by atoms with van der Waals surface area (Å²) in [6.07, 6.45) is 2.20. The van der Waals surface area contributed by atoms with Crippen LogP contribution in [0.25, 0.3) is 0 Å². The third-order valence-electron chi connectivity index (χ3n) is 4.96. The van der Waals surface area contributed by atoms with Gasteiger partial charge in [0.2, 0.25) is 5.91 Å². The molecule has 0 fully saturated rings. The van der Waals surface area contributed by atoms with Crippen LogP contribution in [-0.4, -0.2) is 48.4 Å². The first-order chi connectivity index (χ1) is 15.6. The molecule has 168 valence electrons. The predicted octanol–water partition coefficient (Wildman–Crippen LogP) is 4.64. The first-order valence-electron chi connectivity index (χ1n) is 10.4. The van der Waals surface area contributed by atoms with E-state index in [2.05, 4.69) is 0 Å². The lowest BCUT2D eigenvalue weighted by Gasteiger charge is -2.27. The van der Waals surface area contributed by atoms with Crippen LogP contribution < -0.4 is 0 Å². The van der Waals surface area contributed by atoms with Crippen molar-refractivity contribution in [3.05, 3.63) is 94.9 Å². The van der Waals surface area contributed by atoms with Crippen molar-refractivity contribution in [2.24, 2.45) is 0 Å². The number of rotatable bonds is 11. The molecule has 0 unspecified atom stereocenters. The molecule has 3 rings (SSSR count). The molecule has 0 aliphatic carbocycles. The Morgan fingerprint density at radius 1 is 0.969 bits per heavy atom. The van der Waals surface area contributed by atoms with Crippen molar-refractivity contribution in [2.75, 3.05) is 26.8 Å². The van der Waals surface area contributed by atoms with Gasteiger partial charge in [-0.3, -0.25) is 9.59 Å². The molecule has 6 nitrogen and oxygen atoms in total. The van der Waals surface area contributed by atoms with Gasteiger partial charge >= 0.3 is 0 Å². The zero-order chi connectivity index (χ0) is 22.8. The second-order valence-electron chi connectivity index (χ2n) is 7.40. The van der Waals surface area contributed by atoms with Crippen LogP contribution in [0.2, 0.25) is 5.02 Å². The first kappa shape index (κ1) is 23.6. The Bertz CT molecular complexity index is 992. The van der Waals surface area contributed by atoms with Gasteiger partial charge in [0.1, 0.15) is 12.3 Å². The molecule has 7 heteroatoms. The van der Waals surface area contributed by atoms with Crippen molar-refractivity contribution in [2.45, 2.75) is 19.5 Å². The smallest absolute Gasteiger partial charge is 0.254 e. The highest BCUT2D eigenvalue weighted by atomic mass is 35.5. The second kappa shape index (κ2) is 12.1. The molecule has 0 atom stereocenters. The summed E-state index contributed by atoms with van der Waals surface area (Å²) in [5.41, 5.74) is 1.45. The zero-order valence-electron chi connectivity index (χ0n) is 18.1. The van der Waals surface area contributed by atoms with Crippen molar-refractivity contribution in [3.8, 4) is 0 Å². The van der Waals surface area contributed by atoms with Gasteiger partial charge in [-0.1, -0.05) is 48.0 Å². The zero-order valence-corrected chi connectivity index (χ0v) is 18.8. The first-order valence-corrected chi connectivity index (χ1v) is 10.8. The van der Waals surface area contributed by atoms with Crippen molar-refractivity contribution in [1.29, 1.82) is 0 Å². The normalized spacial score (nSPS) is 10.7. The van der Waals surface area contributed by atoms with Gasteiger partial charge in [-0.2, -0.15) is 0 Å². The number of carbonyl (C=O) groups is 2. The average Bonchev–Trinajstić information content (AvgIpc) is 3.31. The van der Waals surface area contributed by atoms with E-state index in [4.69, 9.17) is 20.8 Å². The summed E-state index contributed by atoms with van der Waals surface area (Å²) in [6, 6.07) is 20.1. The van der Waals surface area contributed by atoms with E-state index in [0.717, 1.165) is 5.56 Å². The summed E-state index contributed by atoms with van der Waals surface area (Å²) >= 11 is 6.07. The number of furan rings is 1. The van der Waals surface area contributed by atoms with Crippen molar-refractivity contribution < 1.29 is 18.7 Å². The van der Waals surface area contributed by atoms with E-state index in [-0.39, 0.29) is 18.4 Å². The number of hydrogen-bond donors (Lipinski definition) is 0. The quantitative estimate of drug-likeness (QED) is 0.396. The Labute approximate surface area is 193 Å². The second-order valence-corrected chi connectivity index (χ2v) is 7.83. The number of carbonyl (C=O) groups excluding carboxylic acids is 2. The fourth-order valence-electron chi connectivity index (χ4n) is 3.35. The molecule has 0 spiro atoms. The average molecular weight is 455 g/mol. The molecule has 0 aliphatic rings. The molecule has 0 N–H and O–H groups in total. The van der Waals surface area contributed by atoms with Crippen LogP contribution in [-0.2, 0) is 22.6 Å². The molecule has 32 heavy (non-hydrogen) atoms. The maximum atomic E-state index is 13.4. The maximum absolute atomic E-state index is 13.4. The van der Waals surface area contributed by atoms with Gasteiger partial charge in [0.25, 0.3) is 5.91 Å². The number of ether oxygens (including phenoxy) is 1. The van der Waals surface area contributed by atoms with Gasteiger partial charge in [-0.05, 0) is 42.3 Å². The molecule has 0 bridgehead atoms. The van der Waals surface area contributed by atoms with E-state index in [0.29, 0.717) is 49.0 Å². The third-order valence-corrected chi connectivity index (χ3v) is 5.19. The monoisotopic (exact) mass is 454 g/mol. The molecule has 2 amide bonds. The van der Waals surface area contributed by atoms with Crippen LogP contribution in [0.15, 0.2) is 77.4 Å². The highest BCUT2D eigenvalue weighted by Crippen LogP contribution is 2.15. The molecular weight excluding hydrogens is 428 g/mol. The van der Waals surface area contributed by atoms with Crippen LogP contribution in [0.1, 0.15) is 28.1 Å². The summed E-state index contributed by atoms with van der Waals surface area (Å²) in [6.45, 7) is 1.57. The molecule has 0 radical (unpaired) electrons. The highest BCUT2D eigenvalue weighted by molar-refractivity contribution is 6.31. The molecule has 1 aromatic heterocycles. The fourth-order valence-corrected chi connectivity index (χ4v) is 3.54. The maximum Gasteiger partial charge on any atom is 0.254 e. The topological polar surface area (TPSA) is 63.0 Å². The lowest BCUT2D eigenvalue weighted by atomic mass is 10.2. The lowest BCUT2D eigenvalue weighted by Crippen LogP contribution is -2.43. The predicted molar refractivity (Wildman–Crippen MR) is 123 cm³/mol. The van der Waals surface area contributed by atoms with E-state index >= 15 is 0 Å². The van der Waals surface area contributed by atoms with Gasteiger partial charge in [-0.25, -0.2) is 0 Å². The van der Waals surface area contributed by atoms with Gasteiger partial charge in [0.05, 0.1) is 12.8 Å². The number of halogens is 1. The van der Waals surface area contributed by atoms with E-state index in [1.807, 2.05) is 36.4 Å². The minimum atomic E-state index is -0.241. The molecule has 3 aromatic rings. The minimum absolute atomic E-state index is 0.0530. The number of amides is 2.